The Hall–Kier alpha value is -3.76. The molecule has 0 bridgehead atoms. The molecule has 1 aliphatic heterocycles. The van der Waals surface area contributed by atoms with E-state index in [1.54, 1.807) is 25.5 Å². The first kappa shape index (κ1) is 22.1. The van der Waals surface area contributed by atoms with Crippen molar-refractivity contribution in [3.63, 3.8) is 0 Å². The van der Waals surface area contributed by atoms with E-state index in [0.29, 0.717) is 29.0 Å². The van der Waals surface area contributed by atoms with Gasteiger partial charge in [-0.2, -0.15) is 0 Å². The molecule has 34 heavy (non-hydrogen) atoms. The fourth-order valence-electron chi connectivity index (χ4n) is 4.42. The molecule has 5 rings (SSSR count). The molecule has 3 aromatic rings. The minimum Gasteiger partial charge on any atom is -0.444 e. The molecule has 2 N–H and O–H groups in total. The number of alkyl carbamates (subject to hydrolysis) is 1. The normalized spacial score (nSPS) is 21.3. The molecule has 3 aromatic heterocycles. The van der Waals surface area contributed by atoms with Crippen molar-refractivity contribution in [1.82, 2.24) is 24.7 Å². The summed E-state index contributed by atoms with van der Waals surface area (Å²) in [4.78, 5) is 39.4. The fourth-order valence-corrected chi connectivity index (χ4v) is 4.42. The zero-order valence-electron chi connectivity index (χ0n) is 19.4. The summed E-state index contributed by atoms with van der Waals surface area (Å²) in [5, 5.41) is 5.59. The number of aromatic nitrogens is 4. The van der Waals surface area contributed by atoms with E-state index in [-0.39, 0.29) is 17.4 Å². The Morgan fingerprint density at radius 3 is 2.53 bits per heavy atom. The Kier molecular flexibility index (Phi) is 5.14. The molecule has 2 atom stereocenters. The molecule has 10 nitrogen and oxygen atoms in total. The maximum atomic E-state index is 14.2. The number of nitrogens with one attached hydrogen (secondary N) is 2. The lowest BCUT2D eigenvalue weighted by molar-refractivity contribution is 0.0518. The molecular weight excluding hydrogens is 441 g/mol. The average molecular weight is 468 g/mol. The minimum absolute atomic E-state index is 0.112. The smallest absolute Gasteiger partial charge is 0.407 e. The van der Waals surface area contributed by atoms with Gasteiger partial charge in [-0.1, -0.05) is 0 Å². The molecule has 0 spiro atoms. The Balaban J connectivity index is 1.17. The zero-order chi connectivity index (χ0) is 24.2. The number of nitrogens with zero attached hydrogens (tertiary/aromatic N) is 5. The van der Waals surface area contributed by atoms with Gasteiger partial charge in [0.25, 0.3) is 5.91 Å². The predicted molar refractivity (Wildman–Crippen MR) is 122 cm³/mol. The van der Waals surface area contributed by atoms with Crippen LogP contribution in [0.15, 0.2) is 30.9 Å². The predicted octanol–water partition coefficient (Wildman–Crippen LogP) is 2.78. The van der Waals surface area contributed by atoms with Gasteiger partial charge in [0.05, 0.1) is 23.8 Å². The molecule has 1 aliphatic carbocycles. The number of fused-ring (bicyclic) bond motifs is 2. The van der Waals surface area contributed by atoms with Gasteiger partial charge in [-0.15, -0.1) is 0 Å². The summed E-state index contributed by atoms with van der Waals surface area (Å²) in [5.41, 5.74) is 0.770. The van der Waals surface area contributed by atoms with Crippen LogP contribution in [0.1, 0.15) is 37.0 Å². The second-order valence-electron chi connectivity index (χ2n) is 9.81. The summed E-state index contributed by atoms with van der Waals surface area (Å²) in [6, 6.07) is 1.33. The zero-order valence-corrected chi connectivity index (χ0v) is 19.4. The van der Waals surface area contributed by atoms with Crippen molar-refractivity contribution in [2.75, 3.05) is 23.3 Å². The van der Waals surface area contributed by atoms with E-state index in [4.69, 9.17) is 4.74 Å². The number of halogens is 1. The summed E-state index contributed by atoms with van der Waals surface area (Å²) >= 11 is 0. The van der Waals surface area contributed by atoms with Gasteiger partial charge in [0.15, 0.2) is 11.5 Å². The van der Waals surface area contributed by atoms with Gasteiger partial charge in [-0.3, -0.25) is 4.79 Å². The second kappa shape index (κ2) is 7.93. The third kappa shape index (κ3) is 4.37. The standard InChI is InChI=1S/C23H26FN7O3/c1-12-8-31-9-13(5-16(24)20(31)27-12)28-21(32)17-6-26-18(7-25-17)30-10-14-15(11-30)19(14)29-22(33)34-23(2,3)4/h5-9,14-15,19H,10-11H2,1-4H3,(H,28,32)(H,29,33). The largest absolute Gasteiger partial charge is 0.444 e. The number of pyridine rings is 1. The van der Waals surface area contributed by atoms with Crippen molar-refractivity contribution >= 4 is 29.2 Å². The first-order valence-electron chi connectivity index (χ1n) is 11.1. The van der Waals surface area contributed by atoms with E-state index in [9.17, 15) is 14.0 Å². The topological polar surface area (TPSA) is 114 Å². The molecule has 0 aromatic carbocycles. The Bertz CT molecular complexity index is 1260. The number of amides is 2. The first-order chi connectivity index (χ1) is 16.1. The molecule has 2 aliphatic rings. The van der Waals surface area contributed by atoms with Crippen LogP contribution in [0.4, 0.5) is 20.7 Å². The van der Waals surface area contributed by atoms with Crippen LogP contribution in [0.25, 0.3) is 5.65 Å². The van der Waals surface area contributed by atoms with Crippen molar-refractivity contribution in [3.8, 4) is 0 Å². The number of anilines is 2. The number of hydrogen-bond acceptors (Lipinski definition) is 7. The van der Waals surface area contributed by atoms with E-state index < -0.39 is 23.4 Å². The molecule has 1 saturated carbocycles. The van der Waals surface area contributed by atoms with Crippen LogP contribution >= 0.6 is 0 Å². The van der Waals surface area contributed by atoms with Gasteiger partial charge >= 0.3 is 6.09 Å². The van der Waals surface area contributed by atoms with Crippen LogP contribution < -0.4 is 15.5 Å². The van der Waals surface area contributed by atoms with E-state index >= 15 is 0 Å². The van der Waals surface area contributed by atoms with E-state index in [2.05, 4.69) is 30.5 Å². The van der Waals surface area contributed by atoms with Crippen LogP contribution in [0.5, 0.6) is 0 Å². The summed E-state index contributed by atoms with van der Waals surface area (Å²) in [5.74, 6) is 0.337. The van der Waals surface area contributed by atoms with E-state index in [0.717, 1.165) is 13.1 Å². The van der Waals surface area contributed by atoms with Gasteiger partial charge in [0.1, 0.15) is 17.1 Å². The number of piperidine rings is 1. The van der Waals surface area contributed by atoms with Gasteiger partial charge in [-0.05, 0) is 27.7 Å². The fraction of sp³-hybridized carbons (Fsp3) is 0.435. The Morgan fingerprint density at radius 2 is 1.88 bits per heavy atom. The lowest BCUT2D eigenvalue weighted by Gasteiger charge is -2.23. The number of ether oxygens (including phenoxy) is 1. The molecule has 4 heterocycles. The highest BCUT2D eigenvalue weighted by molar-refractivity contribution is 6.02. The minimum atomic E-state index is -0.528. The lowest BCUT2D eigenvalue weighted by Crippen LogP contribution is -2.38. The van der Waals surface area contributed by atoms with Gasteiger partial charge in [0, 0.05) is 49.4 Å². The third-order valence-electron chi connectivity index (χ3n) is 5.96. The molecule has 1 saturated heterocycles. The van der Waals surface area contributed by atoms with E-state index in [1.165, 1.54) is 16.7 Å². The number of hydrogen-bond donors (Lipinski definition) is 2. The highest BCUT2D eigenvalue weighted by Crippen LogP contribution is 2.46. The van der Waals surface area contributed by atoms with Crippen molar-refractivity contribution < 1.29 is 18.7 Å². The van der Waals surface area contributed by atoms with Crippen LogP contribution in [0.3, 0.4) is 0 Å². The molecule has 2 fully saturated rings. The van der Waals surface area contributed by atoms with Crippen LogP contribution in [0.2, 0.25) is 0 Å². The summed E-state index contributed by atoms with van der Waals surface area (Å²) in [6.45, 7) is 8.76. The van der Waals surface area contributed by atoms with Crippen LogP contribution in [-0.4, -0.2) is 56.1 Å². The highest BCUT2D eigenvalue weighted by Gasteiger charge is 2.57. The van der Waals surface area contributed by atoms with Crippen molar-refractivity contribution in [2.24, 2.45) is 11.8 Å². The average Bonchev–Trinajstić information content (AvgIpc) is 3.08. The number of imidazole rings is 1. The maximum absolute atomic E-state index is 14.2. The number of rotatable bonds is 4. The first-order valence-corrected chi connectivity index (χ1v) is 11.1. The Labute approximate surface area is 195 Å². The van der Waals surface area contributed by atoms with Crippen molar-refractivity contribution in [2.45, 2.75) is 39.3 Å². The molecule has 2 unspecified atom stereocenters. The maximum Gasteiger partial charge on any atom is 0.407 e. The third-order valence-corrected chi connectivity index (χ3v) is 5.96. The molecule has 0 radical (unpaired) electrons. The summed E-state index contributed by atoms with van der Waals surface area (Å²) in [6.07, 6.45) is 5.84. The highest BCUT2D eigenvalue weighted by atomic mass is 19.1. The summed E-state index contributed by atoms with van der Waals surface area (Å²) < 4.78 is 21.1. The van der Waals surface area contributed by atoms with Crippen LogP contribution in [-0.2, 0) is 4.74 Å². The molecule has 2 amide bonds. The second-order valence-corrected chi connectivity index (χ2v) is 9.81. The quantitative estimate of drug-likeness (QED) is 0.607. The van der Waals surface area contributed by atoms with Gasteiger partial charge in [0.2, 0.25) is 0 Å². The monoisotopic (exact) mass is 467 g/mol. The Morgan fingerprint density at radius 1 is 1.15 bits per heavy atom. The van der Waals surface area contributed by atoms with Gasteiger partial charge < -0.3 is 24.7 Å². The SMILES string of the molecule is Cc1cn2cc(NC(=O)c3cnc(N4CC5C(C4)C5NC(=O)OC(C)(C)C)cn3)cc(F)c2n1. The molecule has 11 heteroatoms. The van der Waals surface area contributed by atoms with Gasteiger partial charge in [-0.25, -0.2) is 24.1 Å². The molecule has 178 valence electrons. The lowest BCUT2D eigenvalue weighted by atomic mass is 10.2. The summed E-state index contributed by atoms with van der Waals surface area (Å²) in [7, 11) is 0. The van der Waals surface area contributed by atoms with Crippen molar-refractivity contribution in [1.29, 1.82) is 0 Å². The van der Waals surface area contributed by atoms with E-state index in [1.807, 2.05) is 20.8 Å². The number of carbonyl (C=O) groups is 2. The number of aryl methyl sites for hydroxylation is 1. The molecular formula is C23H26FN7O3. The van der Waals surface area contributed by atoms with Crippen molar-refractivity contribution in [3.05, 3.63) is 48.1 Å². The number of carbonyl (C=O) groups excluding carboxylic acids is 2. The van der Waals surface area contributed by atoms with Crippen LogP contribution in [0, 0.1) is 24.6 Å².